The van der Waals surface area contributed by atoms with Crippen LogP contribution in [0.3, 0.4) is 0 Å². The van der Waals surface area contributed by atoms with Gasteiger partial charge in [0.15, 0.2) is 0 Å². The number of aromatic amines is 1. The Morgan fingerprint density at radius 1 is 1.13 bits per heavy atom. The number of nitrogens with zero attached hydrogens (tertiary/aromatic N) is 3. The van der Waals surface area contributed by atoms with Crippen molar-refractivity contribution in [2.45, 2.75) is 5.54 Å². The fourth-order valence-corrected chi connectivity index (χ4v) is 5.01. The molecule has 8 nitrogen and oxygen atoms in total. The zero-order chi connectivity index (χ0) is 21.8. The van der Waals surface area contributed by atoms with E-state index in [1.165, 1.54) is 0 Å². The predicted octanol–water partition coefficient (Wildman–Crippen LogP) is 3.68. The van der Waals surface area contributed by atoms with Gasteiger partial charge in [-0.15, -0.1) is 0 Å². The van der Waals surface area contributed by atoms with Crippen LogP contribution in [0, 0.1) is 5.41 Å². The maximum absolute atomic E-state index is 11.4. The Balaban J connectivity index is 1.66. The smallest absolute Gasteiger partial charge is 0.145 e. The molecule has 3 N–H and O–H groups in total. The van der Waals surface area contributed by atoms with Crippen LogP contribution in [-0.4, -0.2) is 64.3 Å². The van der Waals surface area contributed by atoms with E-state index in [-0.39, 0.29) is 11.6 Å². The molecule has 1 aromatic heterocycles. The van der Waals surface area contributed by atoms with Crippen LogP contribution in [0.4, 0.5) is 5.69 Å². The van der Waals surface area contributed by atoms with E-state index in [0.717, 1.165) is 16.7 Å². The highest BCUT2D eigenvalue weighted by Gasteiger charge is 2.59. The fourth-order valence-electron chi connectivity index (χ4n) is 4.33. The van der Waals surface area contributed by atoms with Crippen LogP contribution in [0.5, 0.6) is 11.5 Å². The normalized spacial score (nSPS) is 18.2. The summed E-state index contributed by atoms with van der Waals surface area (Å²) in [5.74, 6) is 2.07. The van der Waals surface area contributed by atoms with E-state index in [2.05, 4.69) is 14.3 Å². The van der Waals surface area contributed by atoms with Gasteiger partial charge < -0.3 is 24.5 Å². The average molecular weight is 438 g/mol. The van der Waals surface area contributed by atoms with Crippen LogP contribution in [0.2, 0.25) is 0 Å². The molecule has 1 fully saturated rings. The maximum atomic E-state index is 11.4. The largest absolute Gasteiger partial charge is 0.509 e. The molecule has 3 aromatic rings. The van der Waals surface area contributed by atoms with Crippen LogP contribution in [0.15, 0.2) is 48.2 Å². The van der Waals surface area contributed by atoms with E-state index < -0.39 is 5.54 Å². The second-order valence-electron chi connectivity index (χ2n) is 7.59. The lowest BCUT2D eigenvalue weighted by Crippen LogP contribution is -2.68. The fraction of sp³-hybridized carbons (Fsp3) is 0.273. The Morgan fingerprint density at radius 2 is 1.81 bits per heavy atom. The molecule has 0 radical (unpaired) electrons. The maximum Gasteiger partial charge on any atom is 0.145 e. The summed E-state index contributed by atoms with van der Waals surface area (Å²) in [5, 5.41) is 20.5. The van der Waals surface area contributed by atoms with Crippen molar-refractivity contribution in [2.24, 2.45) is 0 Å². The van der Waals surface area contributed by atoms with Crippen molar-refractivity contribution in [1.82, 2.24) is 14.3 Å². The third-order valence-electron chi connectivity index (χ3n) is 5.92. The highest BCUT2D eigenvalue weighted by atomic mass is 32.2. The van der Waals surface area contributed by atoms with E-state index in [4.69, 9.17) is 14.9 Å². The third-order valence-corrected chi connectivity index (χ3v) is 6.70. The first-order valence-electron chi connectivity index (χ1n) is 9.81. The second kappa shape index (κ2) is 7.21. The van der Waals surface area contributed by atoms with Gasteiger partial charge in [-0.1, -0.05) is 24.1 Å². The molecule has 0 aliphatic carbocycles. The molecule has 2 aliphatic rings. The Morgan fingerprint density at radius 3 is 2.42 bits per heavy atom. The van der Waals surface area contributed by atoms with Crippen molar-refractivity contribution in [2.75, 3.05) is 38.5 Å². The molecule has 160 valence electrons. The molecule has 0 unspecified atom stereocenters. The van der Waals surface area contributed by atoms with Gasteiger partial charge in [0.2, 0.25) is 0 Å². The van der Waals surface area contributed by atoms with Gasteiger partial charge >= 0.3 is 0 Å². The monoisotopic (exact) mass is 437 g/mol. The van der Waals surface area contributed by atoms with Crippen LogP contribution < -0.4 is 14.4 Å². The molecule has 3 heterocycles. The topological polar surface area (TPSA) is 97.7 Å². The summed E-state index contributed by atoms with van der Waals surface area (Å²) >= 11 is 1.62. The number of hydrogen-bond donors (Lipinski definition) is 3. The number of benzene rings is 2. The third kappa shape index (κ3) is 2.88. The molecule has 1 spiro atoms. The minimum absolute atomic E-state index is 0.156. The number of methoxy groups -OCH3 is 2. The van der Waals surface area contributed by atoms with Crippen molar-refractivity contribution in [1.29, 1.82) is 5.41 Å². The standard InChI is InChI=1S/C22H23N5O3S/c1-29-14-8-13(9-15(10-14)30-2)27-20(23)18(19(28)22(27)11-26(12-22)31-3)21-24-16-6-4-5-7-17(16)25-21/h4-10,23,28H,11-12H2,1-3H3,(H,24,25). The lowest BCUT2D eigenvalue weighted by atomic mass is 9.88. The van der Waals surface area contributed by atoms with Gasteiger partial charge in [-0.25, -0.2) is 9.29 Å². The lowest BCUT2D eigenvalue weighted by Gasteiger charge is -2.51. The Labute approximate surface area is 184 Å². The highest BCUT2D eigenvalue weighted by Crippen LogP contribution is 2.49. The van der Waals surface area contributed by atoms with Crippen LogP contribution in [0.25, 0.3) is 16.6 Å². The Hall–Kier alpha value is -3.17. The van der Waals surface area contributed by atoms with Crippen molar-refractivity contribution in [3.8, 4) is 11.5 Å². The highest BCUT2D eigenvalue weighted by molar-refractivity contribution is 7.96. The molecule has 2 aromatic carbocycles. The SMILES string of the molecule is COc1cc(OC)cc(N2C(=N)C(c3nc4ccccc4[nH]3)=C(O)C23CN(SC)C3)c1. The summed E-state index contributed by atoms with van der Waals surface area (Å²) < 4.78 is 13.0. The number of anilines is 1. The van der Waals surface area contributed by atoms with Gasteiger partial charge in [-0.05, 0) is 18.4 Å². The Kier molecular flexibility index (Phi) is 4.60. The first kappa shape index (κ1) is 19.8. The van der Waals surface area contributed by atoms with Crippen molar-refractivity contribution in [3.05, 3.63) is 54.0 Å². The number of fused-ring (bicyclic) bond motifs is 1. The predicted molar refractivity (Wildman–Crippen MR) is 123 cm³/mol. The average Bonchev–Trinajstić information content (AvgIpc) is 3.27. The van der Waals surface area contributed by atoms with E-state index in [1.807, 2.05) is 47.6 Å². The van der Waals surface area contributed by atoms with Crippen molar-refractivity contribution >= 4 is 40.1 Å². The number of para-hydroxylation sites is 2. The number of H-pyrrole nitrogens is 1. The van der Waals surface area contributed by atoms with E-state index >= 15 is 0 Å². The minimum atomic E-state index is -0.744. The quantitative estimate of drug-likeness (QED) is 0.524. The Bertz CT molecular complexity index is 1160. The first-order valence-corrected chi connectivity index (χ1v) is 11.0. The molecule has 9 heteroatoms. The van der Waals surface area contributed by atoms with Gasteiger partial charge in [0.1, 0.15) is 34.5 Å². The van der Waals surface area contributed by atoms with Gasteiger partial charge in [-0.2, -0.15) is 0 Å². The number of amidine groups is 1. The summed E-state index contributed by atoms with van der Waals surface area (Å²) in [5.41, 5.74) is 2.05. The number of ether oxygens (including phenoxy) is 2. The van der Waals surface area contributed by atoms with E-state index in [9.17, 15) is 5.11 Å². The number of rotatable bonds is 5. The zero-order valence-corrected chi connectivity index (χ0v) is 18.3. The lowest BCUT2D eigenvalue weighted by molar-refractivity contribution is 0.159. The molecule has 31 heavy (non-hydrogen) atoms. The molecular formula is C22H23N5O3S. The number of aliphatic hydroxyl groups is 1. The van der Waals surface area contributed by atoms with Crippen LogP contribution >= 0.6 is 11.9 Å². The molecule has 0 amide bonds. The molecule has 0 saturated carbocycles. The summed E-state index contributed by atoms with van der Waals surface area (Å²) in [6, 6.07) is 13.2. The number of aliphatic hydroxyl groups excluding tert-OH is 1. The van der Waals surface area contributed by atoms with Gasteiger partial charge in [0.25, 0.3) is 0 Å². The first-order chi connectivity index (χ1) is 15.0. The van der Waals surface area contributed by atoms with Gasteiger partial charge in [0.05, 0.1) is 36.5 Å². The minimum Gasteiger partial charge on any atom is -0.509 e. The molecular weight excluding hydrogens is 414 g/mol. The zero-order valence-electron chi connectivity index (χ0n) is 17.5. The van der Waals surface area contributed by atoms with Crippen molar-refractivity contribution < 1.29 is 14.6 Å². The molecule has 0 bridgehead atoms. The van der Waals surface area contributed by atoms with E-state index in [0.29, 0.717) is 36.0 Å². The van der Waals surface area contributed by atoms with Crippen molar-refractivity contribution in [3.63, 3.8) is 0 Å². The summed E-state index contributed by atoms with van der Waals surface area (Å²) in [6.45, 7) is 1.15. The number of hydrogen-bond acceptors (Lipinski definition) is 7. The number of aromatic nitrogens is 2. The number of nitrogens with one attached hydrogen (secondary N) is 2. The second-order valence-corrected chi connectivity index (χ2v) is 8.47. The van der Waals surface area contributed by atoms with Crippen LogP contribution in [0.1, 0.15) is 5.82 Å². The molecule has 1 saturated heterocycles. The summed E-state index contributed by atoms with van der Waals surface area (Å²) in [6.07, 6.45) is 2.01. The molecule has 2 aliphatic heterocycles. The number of imidazole rings is 1. The van der Waals surface area contributed by atoms with E-state index in [1.54, 1.807) is 32.2 Å². The summed E-state index contributed by atoms with van der Waals surface area (Å²) in [7, 11) is 3.19. The molecule has 0 atom stereocenters. The molecule has 5 rings (SSSR count). The van der Waals surface area contributed by atoms with Gasteiger partial charge in [-0.3, -0.25) is 5.41 Å². The summed E-state index contributed by atoms with van der Waals surface area (Å²) in [4.78, 5) is 9.77. The van der Waals surface area contributed by atoms with Gasteiger partial charge in [0, 0.05) is 31.3 Å². The van der Waals surface area contributed by atoms with Crippen LogP contribution in [-0.2, 0) is 0 Å².